The second-order valence-electron chi connectivity index (χ2n) is 6.70. The van der Waals surface area contributed by atoms with Crippen molar-refractivity contribution in [2.24, 2.45) is 0 Å². The Balaban J connectivity index is 1.39. The number of amides is 1. The van der Waals surface area contributed by atoms with E-state index in [0.717, 1.165) is 25.2 Å². The Morgan fingerprint density at radius 3 is 2.96 bits per heavy atom. The van der Waals surface area contributed by atoms with Crippen LogP contribution in [0.2, 0.25) is 0 Å². The van der Waals surface area contributed by atoms with E-state index in [0.29, 0.717) is 24.4 Å². The summed E-state index contributed by atoms with van der Waals surface area (Å²) in [6.07, 6.45) is 4.00. The van der Waals surface area contributed by atoms with Crippen molar-refractivity contribution in [2.45, 2.75) is 25.6 Å². The molecule has 1 aliphatic heterocycles. The quantitative estimate of drug-likeness (QED) is 0.727. The Kier molecular flexibility index (Phi) is 5.02. The van der Waals surface area contributed by atoms with E-state index < -0.39 is 0 Å². The van der Waals surface area contributed by atoms with Crippen molar-refractivity contribution in [3.05, 3.63) is 77.8 Å². The number of rotatable bonds is 6. The zero-order chi connectivity index (χ0) is 18.6. The van der Waals surface area contributed by atoms with Gasteiger partial charge in [-0.3, -0.25) is 14.4 Å². The van der Waals surface area contributed by atoms with Gasteiger partial charge in [-0.2, -0.15) is 5.10 Å². The van der Waals surface area contributed by atoms with Crippen molar-refractivity contribution in [3.63, 3.8) is 0 Å². The van der Waals surface area contributed by atoms with Gasteiger partial charge in [0.1, 0.15) is 5.82 Å². The molecule has 0 spiro atoms. The topological polar surface area (TPSA) is 63.3 Å². The lowest BCUT2D eigenvalue weighted by atomic mass is 10.1. The highest BCUT2D eigenvalue weighted by Gasteiger charge is 2.26. The van der Waals surface area contributed by atoms with Crippen LogP contribution in [0.25, 0.3) is 0 Å². The van der Waals surface area contributed by atoms with E-state index in [1.165, 1.54) is 12.3 Å². The first-order chi connectivity index (χ1) is 13.2. The molecule has 6 nitrogen and oxygen atoms in total. The largest absolute Gasteiger partial charge is 0.459 e. The average Bonchev–Trinajstić information content (AvgIpc) is 3.35. The van der Waals surface area contributed by atoms with Crippen LogP contribution in [0.5, 0.6) is 0 Å². The van der Waals surface area contributed by atoms with Crippen LogP contribution < -0.4 is 5.32 Å². The number of halogens is 1. The summed E-state index contributed by atoms with van der Waals surface area (Å²) in [6, 6.07) is 12.3. The minimum absolute atomic E-state index is 0.118. The van der Waals surface area contributed by atoms with Gasteiger partial charge >= 0.3 is 0 Å². The number of hydrogen-bond donors (Lipinski definition) is 1. The second-order valence-corrected chi connectivity index (χ2v) is 6.70. The zero-order valence-corrected chi connectivity index (χ0v) is 14.8. The molecule has 1 atom stereocenters. The predicted octanol–water partition coefficient (Wildman–Crippen LogP) is 2.99. The molecule has 1 N–H and O–H groups in total. The normalized spacial score (nSPS) is 16.9. The third kappa shape index (κ3) is 3.93. The van der Waals surface area contributed by atoms with E-state index in [1.807, 2.05) is 22.9 Å². The highest BCUT2D eigenvalue weighted by Crippen LogP contribution is 2.24. The molecule has 1 aliphatic rings. The highest BCUT2D eigenvalue weighted by atomic mass is 19.1. The second kappa shape index (κ2) is 7.75. The number of aromatic nitrogens is 2. The van der Waals surface area contributed by atoms with Crippen LogP contribution in [0.4, 0.5) is 4.39 Å². The number of fused-ring (bicyclic) bond motifs is 1. The Bertz CT molecular complexity index is 906. The van der Waals surface area contributed by atoms with Gasteiger partial charge in [0.15, 0.2) is 5.76 Å². The maximum atomic E-state index is 14.0. The van der Waals surface area contributed by atoms with E-state index in [2.05, 4.69) is 15.3 Å². The molecule has 7 heteroatoms. The molecule has 0 saturated carbocycles. The van der Waals surface area contributed by atoms with Crippen LogP contribution in [0.1, 0.15) is 34.3 Å². The van der Waals surface area contributed by atoms with Crippen molar-refractivity contribution in [1.82, 2.24) is 20.0 Å². The molecule has 0 bridgehead atoms. The first-order valence-corrected chi connectivity index (χ1v) is 9.00. The lowest BCUT2D eigenvalue weighted by Crippen LogP contribution is -2.39. The van der Waals surface area contributed by atoms with Crippen LogP contribution in [-0.4, -0.2) is 33.7 Å². The van der Waals surface area contributed by atoms with E-state index in [9.17, 15) is 9.18 Å². The summed E-state index contributed by atoms with van der Waals surface area (Å²) in [5.74, 6) is -0.0989. The van der Waals surface area contributed by atoms with Gasteiger partial charge in [-0.25, -0.2) is 4.39 Å². The maximum Gasteiger partial charge on any atom is 0.286 e. The molecule has 0 fully saturated rings. The molecule has 3 heterocycles. The van der Waals surface area contributed by atoms with Crippen LogP contribution in [0.3, 0.4) is 0 Å². The van der Waals surface area contributed by atoms with E-state index >= 15 is 0 Å². The number of furan rings is 1. The Labute approximate surface area is 156 Å². The SMILES string of the molecule is O=C(NCC[C@@H]1CN(Cc2ccccc2F)Cc2ccnn21)c1ccco1. The number of nitrogens with zero attached hydrogens (tertiary/aromatic N) is 3. The fourth-order valence-electron chi connectivity index (χ4n) is 3.51. The van der Waals surface area contributed by atoms with Crippen molar-refractivity contribution in [2.75, 3.05) is 13.1 Å². The Morgan fingerprint density at radius 1 is 1.26 bits per heavy atom. The Morgan fingerprint density at radius 2 is 2.15 bits per heavy atom. The molecule has 4 rings (SSSR count). The molecule has 0 saturated heterocycles. The Hall–Kier alpha value is -2.93. The van der Waals surface area contributed by atoms with Crippen molar-refractivity contribution < 1.29 is 13.6 Å². The van der Waals surface area contributed by atoms with Crippen LogP contribution in [0.15, 0.2) is 59.3 Å². The lowest BCUT2D eigenvalue weighted by Gasteiger charge is -2.34. The summed E-state index contributed by atoms with van der Waals surface area (Å²) in [7, 11) is 0. The van der Waals surface area contributed by atoms with E-state index in [4.69, 9.17) is 4.42 Å². The first kappa shape index (κ1) is 17.5. The third-order valence-electron chi connectivity index (χ3n) is 4.81. The fourth-order valence-corrected chi connectivity index (χ4v) is 3.51. The average molecular weight is 368 g/mol. The van der Waals surface area contributed by atoms with Gasteiger partial charge in [0.25, 0.3) is 5.91 Å². The van der Waals surface area contributed by atoms with Crippen LogP contribution in [0, 0.1) is 5.82 Å². The molecular weight excluding hydrogens is 347 g/mol. The minimum atomic E-state index is -0.222. The van der Waals surface area contributed by atoms with Gasteiger partial charge < -0.3 is 9.73 Å². The standard InChI is InChI=1S/C20H21FN4O2/c21-18-5-2-1-4-15(18)12-24-13-16(25-17(14-24)8-10-23-25)7-9-22-20(26)19-6-3-11-27-19/h1-6,8,10-11,16H,7,9,12-14H2,(H,22,26)/t16-/m1/s1. The molecule has 140 valence electrons. The van der Waals surface area contributed by atoms with Crippen molar-refractivity contribution in [3.8, 4) is 0 Å². The molecule has 2 aromatic heterocycles. The molecule has 0 radical (unpaired) electrons. The van der Waals surface area contributed by atoms with E-state index in [1.54, 1.807) is 24.4 Å². The van der Waals surface area contributed by atoms with Gasteiger partial charge in [0.2, 0.25) is 0 Å². The number of carbonyl (C=O) groups excluding carboxylic acids is 1. The number of carbonyl (C=O) groups is 1. The monoisotopic (exact) mass is 368 g/mol. The summed E-state index contributed by atoms with van der Waals surface area (Å²) in [5.41, 5.74) is 1.79. The molecule has 0 aliphatic carbocycles. The number of benzene rings is 1. The summed E-state index contributed by atoms with van der Waals surface area (Å²) >= 11 is 0. The van der Waals surface area contributed by atoms with Crippen molar-refractivity contribution in [1.29, 1.82) is 0 Å². The first-order valence-electron chi connectivity index (χ1n) is 9.00. The smallest absolute Gasteiger partial charge is 0.286 e. The van der Waals surface area contributed by atoms with Gasteiger partial charge in [0, 0.05) is 37.9 Å². The number of hydrogen-bond acceptors (Lipinski definition) is 4. The highest BCUT2D eigenvalue weighted by molar-refractivity contribution is 5.91. The van der Waals surface area contributed by atoms with Crippen LogP contribution in [-0.2, 0) is 13.1 Å². The molecule has 3 aromatic rings. The van der Waals surface area contributed by atoms with Gasteiger partial charge in [-0.05, 0) is 30.7 Å². The van der Waals surface area contributed by atoms with Crippen molar-refractivity contribution >= 4 is 5.91 Å². The summed E-state index contributed by atoms with van der Waals surface area (Å²) in [5, 5.41) is 7.31. The zero-order valence-electron chi connectivity index (χ0n) is 14.8. The molecule has 1 amide bonds. The lowest BCUT2D eigenvalue weighted by molar-refractivity contribution is 0.0919. The van der Waals surface area contributed by atoms with Gasteiger partial charge in [-0.1, -0.05) is 18.2 Å². The maximum absolute atomic E-state index is 14.0. The summed E-state index contributed by atoms with van der Waals surface area (Å²) in [6.45, 7) is 2.54. The molecule has 0 unspecified atom stereocenters. The molecular formula is C20H21FN4O2. The number of nitrogens with one attached hydrogen (secondary N) is 1. The minimum Gasteiger partial charge on any atom is -0.459 e. The summed E-state index contributed by atoms with van der Waals surface area (Å²) < 4.78 is 21.1. The molecule has 27 heavy (non-hydrogen) atoms. The van der Waals surface area contributed by atoms with Gasteiger partial charge in [-0.15, -0.1) is 0 Å². The predicted molar refractivity (Wildman–Crippen MR) is 97.4 cm³/mol. The van der Waals surface area contributed by atoms with Gasteiger partial charge in [0.05, 0.1) is 18.0 Å². The third-order valence-corrected chi connectivity index (χ3v) is 4.81. The molecule has 1 aromatic carbocycles. The summed E-state index contributed by atoms with van der Waals surface area (Å²) in [4.78, 5) is 14.2. The van der Waals surface area contributed by atoms with E-state index in [-0.39, 0.29) is 17.8 Å². The fraction of sp³-hybridized carbons (Fsp3) is 0.300. The van der Waals surface area contributed by atoms with Crippen LogP contribution >= 0.6 is 0 Å².